The van der Waals surface area contributed by atoms with Crippen LogP contribution in [0.3, 0.4) is 0 Å². The molecule has 1 N–H and O–H groups in total. The van der Waals surface area contributed by atoms with Crippen molar-refractivity contribution in [3.63, 3.8) is 0 Å². The van der Waals surface area contributed by atoms with Gasteiger partial charge in [0.2, 0.25) is 0 Å². The summed E-state index contributed by atoms with van der Waals surface area (Å²) in [5.74, 6) is -1.18. The second-order valence-corrected chi connectivity index (χ2v) is 8.05. The van der Waals surface area contributed by atoms with Gasteiger partial charge < -0.3 is 10.1 Å². The summed E-state index contributed by atoms with van der Waals surface area (Å²) in [4.78, 5) is 33.2. The number of aliphatic imine (C=N–C) groups is 1. The first-order valence-electron chi connectivity index (χ1n) is 8.22. The lowest BCUT2D eigenvalue weighted by Crippen LogP contribution is -2.57. The van der Waals surface area contributed by atoms with Gasteiger partial charge >= 0.3 is 17.8 Å². The highest BCUT2D eigenvalue weighted by Gasteiger charge is 2.67. The van der Waals surface area contributed by atoms with Crippen LogP contribution in [0.2, 0.25) is 0 Å². The number of carbonyl (C=O) groups is 2. The summed E-state index contributed by atoms with van der Waals surface area (Å²) in [5.41, 5.74) is -2.43. The van der Waals surface area contributed by atoms with E-state index in [-0.39, 0.29) is 29.0 Å². The largest absolute Gasteiger partial charge is 0.462 e. The molecule has 4 rings (SSSR count). The van der Waals surface area contributed by atoms with Crippen LogP contribution in [0.1, 0.15) is 17.3 Å². The van der Waals surface area contributed by atoms with Crippen LogP contribution in [-0.2, 0) is 9.53 Å². The Morgan fingerprint density at radius 2 is 2.21 bits per heavy atom. The molecule has 12 heteroatoms. The van der Waals surface area contributed by atoms with Crippen LogP contribution in [0.25, 0.3) is 10.2 Å². The van der Waals surface area contributed by atoms with Crippen LogP contribution >= 0.6 is 23.1 Å². The van der Waals surface area contributed by atoms with Gasteiger partial charge in [-0.1, -0.05) is 23.1 Å². The molecule has 1 atom stereocenters. The molecule has 1 saturated heterocycles. The van der Waals surface area contributed by atoms with E-state index in [2.05, 4.69) is 15.3 Å². The first-order valence-corrected chi connectivity index (χ1v) is 10.0. The maximum absolute atomic E-state index is 13.9. The SMILES string of the molecule is CCOC(=O)c1ccc2nc(N[C@@]3(C(F)(F)F)N=C4SCCN4C3=O)sc2c1. The number of fused-ring (bicyclic) bond motifs is 2. The standard InChI is InChI=1S/C16H13F3N4O3S2/c1-2-26-11(24)8-3-4-9-10(7-8)28-13(20-9)21-15(16(17,18)19)12(25)23-5-6-27-14(23)22-15/h3-4,7H,2,5-6H2,1H3,(H,20,21)/t15-/m1/s1. The summed E-state index contributed by atoms with van der Waals surface area (Å²) < 4.78 is 47.0. The number of rotatable bonds is 4. The first kappa shape index (κ1) is 19.0. The molecular formula is C16H13F3N4O3S2. The molecule has 3 heterocycles. The zero-order valence-corrected chi connectivity index (χ0v) is 16.0. The number of nitrogens with zero attached hydrogens (tertiary/aromatic N) is 3. The number of carbonyl (C=O) groups excluding carboxylic acids is 2. The van der Waals surface area contributed by atoms with Crippen molar-refractivity contribution in [2.45, 2.75) is 18.8 Å². The molecular weight excluding hydrogens is 417 g/mol. The minimum atomic E-state index is -4.95. The van der Waals surface area contributed by atoms with E-state index in [0.717, 1.165) is 28.0 Å². The lowest BCUT2D eigenvalue weighted by Gasteiger charge is -2.28. The van der Waals surface area contributed by atoms with Crippen LogP contribution in [-0.4, -0.2) is 57.7 Å². The maximum Gasteiger partial charge on any atom is 0.442 e. The van der Waals surface area contributed by atoms with E-state index in [1.807, 2.05) is 0 Å². The summed E-state index contributed by atoms with van der Waals surface area (Å²) in [5, 5.41) is 2.15. The van der Waals surface area contributed by atoms with Crippen molar-refractivity contribution in [1.29, 1.82) is 0 Å². The second-order valence-electron chi connectivity index (χ2n) is 5.95. The van der Waals surface area contributed by atoms with Crippen LogP contribution in [0.5, 0.6) is 0 Å². The molecule has 1 amide bonds. The molecule has 1 aromatic heterocycles. The summed E-state index contributed by atoms with van der Waals surface area (Å²) in [6.45, 7) is 2.06. The molecule has 148 valence electrons. The molecule has 1 fully saturated rings. The highest BCUT2D eigenvalue weighted by atomic mass is 32.2. The number of halogens is 3. The van der Waals surface area contributed by atoms with Gasteiger partial charge in [0.1, 0.15) is 0 Å². The normalized spacial score (nSPS) is 21.8. The Morgan fingerprint density at radius 1 is 1.43 bits per heavy atom. The van der Waals surface area contributed by atoms with Crippen LogP contribution in [0, 0.1) is 0 Å². The maximum atomic E-state index is 13.9. The van der Waals surface area contributed by atoms with Gasteiger partial charge in [-0.05, 0) is 25.1 Å². The molecule has 0 saturated carbocycles. The van der Waals surface area contributed by atoms with Crippen molar-refractivity contribution in [3.05, 3.63) is 23.8 Å². The topological polar surface area (TPSA) is 83.9 Å². The Hall–Kier alpha value is -2.34. The number of ether oxygens (including phenoxy) is 1. The lowest BCUT2D eigenvalue weighted by molar-refractivity contribution is -0.185. The zero-order chi connectivity index (χ0) is 20.1. The molecule has 2 aliphatic heterocycles. The van der Waals surface area contributed by atoms with E-state index >= 15 is 0 Å². The van der Waals surface area contributed by atoms with Crippen molar-refractivity contribution in [2.24, 2.45) is 4.99 Å². The molecule has 0 spiro atoms. The molecule has 28 heavy (non-hydrogen) atoms. The van der Waals surface area contributed by atoms with Crippen molar-refractivity contribution in [3.8, 4) is 0 Å². The van der Waals surface area contributed by atoms with Gasteiger partial charge in [-0.25, -0.2) is 14.8 Å². The quantitative estimate of drug-likeness (QED) is 0.751. The minimum absolute atomic E-state index is 0.0560. The molecule has 0 aliphatic carbocycles. The third kappa shape index (κ3) is 2.91. The van der Waals surface area contributed by atoms with E-state index in [4.69, 9.17) is 4.74 Å². The van der Waals surface area contributed by atoms with E-state index < -0.39 is 23.7 Å². The second kappa shape index (κ2) is 6.62. The number of amidine groups is 1. The summed E-state index contributed by atoms with van der Waals surface area (Å²) in [6, 6.07) is 4.49. The molecule has 0 unspecified atom stereocenters. The average Bonchev–Trinajstić information content (AvgIpc) is 3.30. The van der Waals surface area contributed by atoms with Crippen LogP contribution < -0.4 is 5.32 Å². The fourth-order valence-corrected chi connectivity index (χ4v) is 4.82. The summed E-state index contributed by atoms with van der Waals surface area (Å²) in [6.07, 6.45) is -4.95. The molecule has 0 bridgehead atoms. The number of thiazole rings is 1. The first-order chi connectivity index (χ1) is 13.2. The van der Waals surface area contributed by atoms with Crippen molar-refractivity contribution in [2.75, 3.05) is 24.2 Å². The van der Waals surface area contributed by atoms with Crippen molar-refractivity contribution < 1.29 is 27.5 Å². The van der Waals surface area contributed by atoms with E-state index in [0.29, 0.717) is 16.0 Å². The van der Waals surface area contributed by atoms with Gasteiger partial charge in [-0.15, -0.1) is 0 Å². The van der Waals surface area contributed by atoms with Gasteiger partial charge in [-0.2, -0.15) is 13.2 Å². The smallest absolute Gasteiger partial charge is 0.442 e. The van der Waals surface area contributed by atoms with Gasteiger partial charge in [0.05, 0.1) is 22.4 Å². The Morgan fingerprint density at radius 3 is 2.89 bits per heavy atom. The monoisotopic (exact) mass is 430 g/mol. The zero-order valence-electron chi connectivity index (χ0n) is 14.4. The third-order valence-electron chi connectivity index (χ3n) is 4.19. The minimum Gasteiger partial charge on any atom is -0.462 e. The molecule has 7 nitrogen and oxygen atoms in total. The Kier molecular flexibility index (Phi) is 4.49. The summed E-state index contributed by atoms with van der Waals surface area (Å²) >= 11 is 2.01. The van der Waals surface area contributed by atoms with E-state index in [9.17, 15) is 22.8 Å². The molecule has 1 aromatic carbocycles. The third-order valence-corrected chi connectivity index (χ3v) is 6.08. The number of benzene rings is 1. The lowest BCUT2D eigenvalue weighted by atomic mass is 10.1. The van der Waals surface area contributed by atoms with Crippen LogP contribution in [0.15, 0.2) is 23.2 Å². The van der Waals surface area contributed by atoms with Gasteiger partial charge in [0, 0.05) is 12.3 Å². The number of anilines is 1. The number of hydrogen-bond donors (Lipinski definition) is 1. The average molecular weight is 430 g/mol. The Bertz CT molecular complexity index is 1010. The predicted octanol–water partition coefficient (Wildman–Crippen LogP) is 3.09. The summed E-state index contributed by atoms with van der Waals surface area (Å²) in [7, 11) is 0. The Balaban J connectivity index is 1.70. The fourth-order valence-electron chi connectivity index (χ4n) is 2.88. The number of alkyl halides is 3. The highest BCUT2D eigenvalue weighted by Crippen LogP contribution is 2.44. The van der Waals surface area contributed by atoms with Gasteiger partial charge in [0.15, 0.2) is 10.3 Å². The van der Waals surface area contributed by atoms with E-state index in [1.54, 1.807) is 6.92 Å². The van der Waals surface area contributed by atoms with Crippen LogP contribution in [0.4, 0.5) is 18.3 Å². The Labute approximate surface area is 165 Å². The number of esters is 1. The number of aromatic nitrogens is 1. The highest BCUT2D eigenvalue weighted by molar-refractivity contribution is 8.14. The fraction of sp³-hybridized carbons (Fsp3) is 0.375. The van der Waals surface area contributed by atoms with Gasteiger partial charge in [-0.3, -0.25) is 9.69 Å². The number of nitrogens with one attached hydrogen (secondary N) is 1. The molecule has 0 radical (unpaired) electrons. The molecule has 2 aliphatic rings. The number of hydrogen-bond acceptors (Lipinski definition) is 8. The van der Waals surface area contributed by atoms with Crippen molar-refractivity contribution in [1.82, 2.24) is 9.88 Å². The van der Waals surface area contributed by atoms with Crippen molar-refractivity contribution >= 4 is 55.5 Å². The van der Waals surface area contributed by atoms with Gasteiger partial charge in [0.25, 0.3) is 5.91 Å². The molecule has 2 aromatic rings. The predicted molar refractivity (Wildman–Crippen MR) is 99.6 cm³/mol. The number of thioether (sulfide) groups is 1. The number of amides is 1. The van der Waals surface area contributed by atoms with E-state index in [1.165, 1.54) is 18.2 Å².